The summed E-state index contributed by atoms with van der Waals surface area (Å²) in [6.45, 7) is 19.3. The highest BCUT2D eigenvalue weighted by Crippen LogP contribution is 2.57. The number of fused-ring (bicyclic) bond motifs is 9. The van der Waals surface area contributed by atoms with Crippen LogP contribution in [0.1, 0.15) is 87.8 Å². The number of para-hydroxylation sites is 2. The molecule has 10 rings (SSSR count). The van der Waals surface area contributed by atoms with Crippen LogP contribution in [0.5, 0.6) is 0 Å². The van der Waals surface area contributed by atoms with E-state index in [1.165, 1.54) is 106 Å². The molecule has 0 amide bonds. The Bertz CT molecular complexity index is 2430. The van der Waals surface area contributed by atoms with Crippen molar-refractivity contribution in [2.45, 2.75) is 84.5 Å². The molecule has 0 spiro atoms. The molecule has 0 atom stereocenters. The van der Waals surface area contributed by atoms with E-state index in [4.69, 9.17) is 0 Å². The molecule has 2 nitrogen and oxygen atoms in total. The highest BCUT2D eigenvalue weighted by molar-refractivity contribution is 7.32. The van der Waals surface area contributed by atoms with E-state index in [-0.39, 0.29) is 23.1 Å². The van der Waals surface area contributed by atoms with E-state index in [2.05, 4.69) is 156 Å². The molecule has 0 N–H and O–H groups in total. The van der Waals surface area contributed by atoms with Gasteiger partial charge >= 0.3 is 6.85 Å². The lowest BCUT2D eigenvalue weighted by Gasteiger charge is -2.51. The first-order chi connectivity index (χ1) is 23.4. The van der Waals surface area contributed by atoms with Crippen LogP contribution < -0.4 is 20.0 Å². The summed E-state index contributed by atoms with van der Waals surface area (Å²) in [6.07, 6.45) is 2.42. The Labute approximate surface area is 295 Å². The zero-order chi connectivity index (χ0) is 33.8. The predicted molar refractivity (Wildman–Crippen MR) is 212 cm³/mol. The second-order valence-corrected chi connectivity index (χ2v) is 18.0. The van der Waals surface area contributed by atoms with E-state index in [0.717, 1.165) is 0 Å². The van der Waals surface area contributed by atoms with Crippen LogP contribution in [0.3, 0.4) is 0 Å². The van der Waals surface area contributed by atoms with Gasteiger partial charge in [-0.3, -0.25) is 0 Å². The molecule has 0 saturated carbocycles. The quantitative estimate of drug-likeness (QED) is 0.163. The van der Waals surface area contributed by atoms with E-state index in [1.807, 2.05) is 11.3 Å². The van der Waals surface area contributed by atoms with Crippen LogP contribution in [-0.2, 0) is 16.2 Å². The first-order valence-corrected chi connectivity index (χ1v) is 18.8. The fourth-order valence-electron chi connectivity index (χ4n) is 9.91. The van der Waals surface area contributed by atoms with Crippen molar-refractivity contribution in [3.63, 3.8) is 0 Å². The van der Waals surface area contributed by atoms with Gasteiger partial charge in [0, 0.05) is 48.6 Å². The van der Waals surface area contributed by atoms with Crippen LogP contribution in [0.25, 0.3) is 21.2 Å². The number of rotatable bonds is 1. The van der Waals surface area contributed by atoms with E-state index in [0.29, 0.717) is 0 Å². The summed E-state index contributed by atoms with van der Waals surface area (Å²) < 4.78 is 2.79. The molecule has 0 fully saturated rings. The highest BCUT2D eigenvalue weighted by atomic mass is 32.1. The Morgan fingerprint density at radius 3 is 2.10 bits per heavy atom. The molecule has 0 saturated heterocycles. The third-order valence-electron chi connectivity index (χ3n) is 12.6. The molecule has 1 aromatic heterocycles. The zero-order valence-electron chi connectivity index (χ0n) is 30.0. The highest BCUT2D eigenvalue weighted by Gasteiger charge is 2.51. The van der Waals surface area contributed by atoms with Crippen molar-refractivity contribution in [3.8, 4) is 11.1 Å². The third-order valence-corrected chi connectivity index (χ3v) is 13.8. The molecule has 3 aliphatic heterocycles. The second-order valence-electron chi connectivity index (χ2n) is 17.0. The largest absolute Gasteiger partial charge is 0.375 e. The molecule has 242 valence electrons. The van der Waals surface area contributed by atoms with Gasteiger partial charge in [0.2, 0.25) is 0 Å². The summed E-state index contributed by atoms with van der Waals surface area (Å²) in [5, 5.41) is 1.35. The Balaban J connectivity index is 1.35. The molecule has 0 bridgehead atoms. The van der Waals surface area contributed by atoms with Gasteiger partial charge in [0.05, 0.1) is 5.69 Å². The number of anilines is 5. The van der Waals surface area contributed by atoms with E-state index < -0.39 is 0 Å². The lowest BCUT2D eigenvalue weighted by molar-refractivity contribution is 0.332. The maximum absolute atomic E-state index is 2.73. The molecular weight excluding hydrogens is 611 g/mol. The summed E-state index contributed by atoms with van der Waals surface area (Å²) in [6, 6.07) is 35.4. The normalized spacial score (nSPS) is 18.4. The van der Waals surface area contributed by atoms with Gasteiger partial charge < -0.3 is 9.71 Å². The molecule has 4 heteroatoms. The van der Waals surface area contributed by atoms with Crippen LogP contribution in [0, 0.1) is 13.8 Å². The molecular formula is C45H43BN2S. The van der Waals surface area contributed by atoms with Crippen LogP contribution in [0.2, 0.25) is 0 Å². The molecule has 0 radical (unpaired) electrons. The number of nitrogens with zero attached hydrogens (tertiary/aromatic N) is 2. The standard InChI is InChI=1S/C45H43BN2S/c1-26-22-30-28-15-13-17-32-40(28)48(35-18-11-10-16-31(35)45(32,7)8)46-39(30)37(23-26)47(41-29-14-9-12-19-38(29)49-42(41)46)36-25-34-33(24-27(36)2)43(3,4)20-21-44(34,5)6/h9-19,22-25H,20-21H2,1-8H3. The van der Waals surface area contributed by atoms with Crippen molar-refractivity contribution in [3.05, 3.63) is 124 Å². The Morgan fingerprint density at radius 2 is 1.31 bits per heavy atom. The summed E-state index contributed by atoms with van der Waals surface area (Å²) in [5.74, 6) is 0. The second kappa shape index (κ2) is 9.49. The monoisotopic (exact) mass is 654 g/mol. The maximum atomic E-state index is 2.73. The van der Waals surface area contributed by atoms with Gasteiger partial charge in [0.15, 0.2) is 0 Å². The van der Waals surface area contributed by atoms with Crippen molar-refractivity contribution in [2.75, 3.05) is 9.71 Å². The van der Waals surface area contributed by atoms with Crippen LogP contribution >= 0.6 is 11.3 Å². The van der Waals surface area contributed by atoms with Crippen molar-refractivity contribution >= 4 is 66.9 Å². The summed E-state index contributed by atoms with van der Waals surface area (Å²) in [5.41, 5.74) is 19.6. The minimum Gasteiger partial charge on any atom is -0.375 e. The first kappa shape index (κ1) is 29.6. The fourth-order valence-corrected chi connectivity index (χ4v) is 11.2. The van der Waals surface area contributed by atoms with Gasteiger partial charge in [-0.2, -0.15) is 0 Å². The summed E-state index contributed by atoms with van der Waals surface area (Å²) >= 11 is 1.99. The molecule has 1 aliphatic carbocycles. The Morgan fingerprint density at radius 1 is 0.612 bits per heavy atom. The van der Waals surface area contributed by atoms with Crippen molar-refractivity contribution in [2.24, 2.45) is 0 Å². The molecule has 5 aromatic carbocycles. The van der Waals surface area contributed by atoms with Gasteiger partial charge in [-0.15, -0.1) is 11.3 Å². The SMILES string of the molecule is Cc1cc2c3c(c1)N(c1cc4c(cc1C)C(C)(C)CCC4(C)C)c1c(sc4ccccc14)B3N1c3ccccc3C(C)(C)c3cccc-2c31. The number of aryl methyl sites for hydroxylation is 2. The van der Waals surface area contributed by atoms with Gasteiger partial charge in [-0.1, -0.05) is 108 Å². The maximum Gasteiger partial charge on any atom is 0.343 e. The molecule has 4 aliphatic rings. The number of benzene rings is 5. The van der Waals surface area contributed by atoms with Crippen LogP contribution in [0.15, 0.2) is 91.0 Å². The molecule has 6 aromatic rings. The fraction of sp³-hybridized carbons (Fsp3) is 0.289. The number of hydrogen-bond acceptors (Lipinski definition) is 3. The Hall–Kier alpha value is -4.28. The van der Waals surface area contributed by atoms with Crippen molar-refractivity contribution < 1.29 is 0 Å². The molecule has 4 heterocycles. The summed E-state index contributed by atoms with van der Waals surface area (Å²) in [7, 11) is 0. The van der Waals surface area contributed by atoms with E-state index >= 15 is 0 Å². The lowest BCUT2D eigenvalue weighted by Crippen LogP contribution is -2.62. The lowest BCUT2D eigenvalue weighted by atomic mass is 9.45. The number of thiophene rings is 1. The molecule has 49 heavy (non-hydrogen) atoms. The van der Waals surface area contributed by atoms with E-state index in [9.17, 15) is 0 Å². The van der Waals surface area contributed by atoms with E-state index in [1.54, 1.807) is 0 Å². The smallest absolute Gasteiger partial charge is 0.343 e. The number of hydrogen-bond donors (Lipinski definition) is 0. The predicted octanol–water partition coefficient (Wildman–Crippen LogP) is 11.2. The van der Waals surface area contributed by atoms with Gasteiger partial charge in [0.1, 0.15) is 0 Å². The van der Waals surface area contributed by atoms with Crippen LogP contribution in [-0.4, -0.2) is 6.85 Å². The minimum atomic E-state index is -0.104. The van der Waals surface area contributed by atoms with Gasteiger partial charge in [-0.25, -0.2) is 0 Å². The minimum absolute atomic E-state index is 0.0773. The third kappa shape index (κ3) is 3.74. The van der Waals surface area contributed by atoms with Gasteiger partial charge in [-0.05, 0) is 106 Å². The first-order valence-electron chi connectivity index (χ1n) is 18.0. The Kier molecular flexibility index (Phi) is 5.74. The van der Waals surface area contributed by atoms with Crippen molar-refractivity contribution in [1.29, 1.82) is 0 Å². The summed E-state index contributed by atoms with van der Waals surface area (Å²) in [4.78, 5) is 5.40. The average Bonchev–Trinajstić information content (AvgIpc) is 3.46. The van der Waals surface area contributed by atoms with Crippen molar-refractivity contribution in [1.82, 2.24) is 0 Å². The average molecular weight is 655 g/mol. The van der Waals surface area contributed by atoms with Gasteiger partial charge in [0.25, 0.3) is 0 Å². The zero-order valence-corrected chi connectivity index (χ0v) is 30.8. The topological polar surface area (TPSA) is 6.48 Å². The molecule has 0 unspecified atom stereocenters. The van der Waals surface area contributed by atoms with Crippen LogP contribution in [0.4, 0.5) is 28.4 Å².